The van der Waals surface area contributed by atoms with E-state index in [1.165, 1.54) is 17.2 Å². The van der Waals surface area contributed by atoms with Gasteiger partial charge in [0.05, 0.1) is 0 Å². The molecule has 1 fully saturated rings. The lowest BCUT2D eigenvalue weighted by molar-refractivity contribution is -0.147. The molecular formula is C25H26F2N4O3. The van der Waals surface area contributed by atoms with Gasteiger partial charge >= 0.3 is 5.92 Å². The molecule has 2 aliphatic heterocycles. The molecule has 1 unspecified atom stereocenters. The van der Waals surface area contributed by atoms with Crippen LogP contribution in [0.1, 0.15) is 65.3 Å². The van der Waals surface area contributed by atoms with Crippen molar-refractivity contribution >= 4 is 17.7 Å². The van der Waals surface area contributed by atoms with E-state index in [1.54, 1.807) is 24.3 Å². The molecule has 3 heterocycles. The first-order valence-corrected chi connectivity index (χ1v) is 11.1. The molecule has 7 nitrogen and oxygen atoms in total. The average molecular weight is 469 g/mol. The minimum Gasteiger partial charge on any atom is -0.346 e. The number of nitrogens with one attached hydrogen (secondary N) is 2. The summed E-state index contributed by atoms with van der Waals surface area (Å²) >= 11 is 0. The second-order valence-corrected chi connectivity index (χ2v) is 8.96. The summed E-state index contributed by atoms with van der Waals surface area (Å²) in [5.74, 6) is -5.60. The molecule has 3 amide bonds. The van der Waals surface area contributed by atoms with Crippen LogP contribution in [0.3, 0.4) is 0 Å². The molecule has 1 saturated heterocycles. The number of piperidine rings is 1. The van der Waals surface area contributed by atoms with Crippen LogP contribution < -0.4 is 10.6 Å². The summed E-state index contributed by atoms with van der Waals surface area (Å²) in [5.41, 5.74) is 2.54. The van der Waals surface area contributed by atoms with Crippen LogP contribution in [0, 0.1) is 0 Å². The first kappa shape index (κ1) is 23.5. The van der Waals surface area contributed by atoms with Gasteiger partial charge in [-0.15, -0.1) is 0 Å². The van der Waals surface area contributed by atoms with Crippen LogP contribution in [0.15, 0.2) is 48.8 Å². The Bertz CT molecular complexity index is 1160. The summed E-state index contributed by atoms with van der Waals surface area (Å²) in [6.07, 6.45) is 2.44. The van der Waals surface area contributed by atoms with Gasteiger partial charge in [-0.3, -0.25) is 19.4 Å². The molecular weight excluding hydrogens is 442 g/mol. The van der Waals surface area contributed by atoms with E-state index in [9.17, 15) is 23.2 Å². The molecule has 1 atom stereocenters. The number of fused-ring (bicyclic) bond motifs is 1. The maximum Gasteiger partial charge on any atom is 0.366 e. The number of alkyl halides is 2. The van der Waals surface area contributed by atoms with Gasteiger partial charge in [0.2, 0.25) is 5.91 Å². The Labute approximate surface area is 196 Å². The monoisotopic (exact) mass is 468 g/mol. The van der Waals surface area contributed by atoms with Crippen LogP contribution in [0.4, 0.5) is 8.78 Å². The average Bonchev–Trinajstić information content (AvgIpc) is 3.13. The Morgan fingerprint density at radius 1 is 1.29 bits per heavy atom. The molecule has 178 valence electrons. The quantitative estimate of drug-likeness (QED) is 0.680. The molecule has 1 aromatic heterocycles. The van der Waals surface area contributed by atoms with Crippen LogP contribution in [0.25, 0.3) is 0 Å². The number of rotatable bonds is 6. The van der Waals surface area contributed by atoms with Crippen LogP contribution in [0.2, 0.25) is 0 Å². The van der Waals surface area contributed by atoms with Crippen LogP contribution in [-0.2, 0) is 28.6 Å². The van der Waals surface area contributed by atoms with E-state index in [0.29, 0.717) is 35.2 Å². The van der Waals surface area contributed by atoms with Crippen molar-refractivity contribution in [2.24, 2.45) is 0 Å². The molecule has 34 heavy (non-hydrogen) atoms. The van der Waals surface area contributed by atoms with Gasteiger partial charge in [-0.25, -0.2) is 0 Å². The molecule has 2 aliphatic rings. The zero-order valence-corrected chi connectivity index (χ0v) is 19.0. The van der Waals surface area contributed by atoms with Gasteiger partial charge in [0.25, 0.3) is 11.8 Å². The predicted octanol–water partition coefficient (Wildman–Crippen LogP) is 3.36. The van der Waals surface area contributed by atoms with E-state index in [-0.39, 0.29) is 30.8 Å². The summed E-state index contributed by atoms with van der Waals surface area (Å²) in [6, 6.07) is 7.03. The summed E-state index contributed by atoms with van der Waals surface area (Å²) in [6.45, 7) is 7.70. The number of amides is 3. The van der Waals surface area contributed by atoms with Crippen molar-refractivity contribution < 1.29 is 23.2 Å². The van der Waals surface area contributed by atoms with Crippen molar-refractivity contribution in [3.63, 3.8) is 0 Å². The summed E-state index contributed by atoms with van der Waals surface area (Å²) in [7, 11) is 0. The highest BCUT2D eigenvalue weighted by Crippen LogP contribution is 2.30. The molecule has 0 saturated carbocycles. The highest BCUT2D eigenvalue weighted by atomic mass is 19.3. The van der Waals surface area contributed by atoms with E-state index in [4.69, 9.17) is 0 Å². The van der Waals surface area contributed by atoms with Crippen molar-refractivity contribution in [3.05, 3.63) is 76.8 Å². The van der Waals surface area contributed by atoms with Crippen molar-refractivity contribution in [2.75, 3.05) is 0 Å². The maximum atomic E-state index is 14.6. The second kappa shape index (κ2) is 8.96. The normalized spacial score (nSPS) is 18.2. The van der Waals surface area contributed by atoms with Gasteiger partial charge < -0.3 is 15.5 Å². The van der Waals surface area contributed by atoms with Gasteiger partial charge in [0, 0.05) is 30.5 Å². The highest BCUT2D eigenvalue weighted by molar-refractivity contribution is 6.01. The first-order chi connectivity index (χ1) is 16.1. The zero-order chi connectivity index (χ0) is 24.6. The third kappa shape index (κ3) is 4.42. The highest BCUT2D eigenvalue weighted by Gasteiger charge is 2.42. The molecule has 4 rings (SSSR count). The Morgan fingerprint density at radius 3 is 2.71 bits per heavy atom. The number of hydrogen-bond donors (Lipinski definition) is 2. The minimum absolute atomic E-state index is 0.135. The predicted molar refractivity (Wildman–Crippen MR) is 121 cm³/mol. The number of allylic oxidation sites excluding steroid dienone is 1. The molecule has 1 aromatic carbocycles. The molecule has 0 bridgehead atoms. The Balaban J connectivity index is 1.42. The number of halogens is 2. The fraction of sp³-hybridized carbons (Fsp3) is 0.360. The lowest BCUT2D eigenvalue weighted by Gasteiger charge is -2.30. The fourth-order valence-corrected chi connectivity index (χ4v) is 4.16. The van der Waals surface area contributed by atoms with Gasteiger partial charge in [0.15, 0.2) is 0 Å². The smallest absolute Gasteiger partial charge is 0.346 e. The molecule has 0 aliphatic carbocycles. The summed E-state index contributed by atoms with van der Waals surface area (Å²) in [4.78, 5) is 42.6. The van der Waals surface area contributed by atoms with Crippen LogP contribution in [-0.4, -0.2) is 33.6 Å². The summed E-state index contributed by atoms with van der Waals surface area (Å²) in [5, 5.41) is 4.95. The number of nitrogens with zero attached hydrogens (tertiary/aromatic N) is 2. The Morgan fingerprint density at radius 2 is 2.06 bits per heavy atom. The van der Waals surface area contributed by atoms with Gasteiger partial charge in [-0.1, -0.05) is 38.6 Å². The standard InChI is InChI=1S/C25H26F2N4O3/c1-14(2)17-6-9-21(28-12-17)25(26,27)24(34)29-11-16-5-7-19-18(10-16)13-31(23(19)33)20-8-4-15(3)30-22(20)32/h5-7,9-10,12,14,20H,3-4,8,11,13H2,1-2H3,(H,29,34)(H,30,32). The summed E-state index contributed by atoms with van der Waals surface area (Å²) < 4.78 is 29.2. The maximum absolute atomic E-state index is 14.6. The molecule has 9 heteroatoms. The fourth-order valence-electron chi connectivity index (χ4n) is 4.16. The van der Waals surface area contributed by atoms with E-state index in [1.807, 2.05) is 13.8 Å². The van der Waals surface area contributed by atoms with E-state index in [0.717, 1.165) is 5.56 Å². The lowest BCUT2D eigenvalue weighted by Crippen LogP contribution is -2.49. The Hall–Kier alpha value is -3.62. The molecule has 2 N–H and O–H groups in total. The molecule has 0 radical (unpaired) electrons. The van der Waals surface area contributed by atoms with Crippen molar-refractivity contribution in [1.29, 1.82) is 0 Å². The molecule has 2 aromatic rings. The number of hydrogen-bond acceptors (Lipinski definition) is 4. The van der Waals surface area contributed by atoms with Crippen molar-refractivity contribution in [2.45, 2.75) is 57.7 Å². The van der Waals surface area contributed by atoms with Crippen molar-refractivity contribution in [1.82, 2.24) is 20.5 Å². The topological polar surface area (TPSA) is 91.4 Å². The van der Waals surface area contributed by atoms with Crippen LogP contribution in [0.5, 0.6) is 0 Å². The van der Waals surface area contributed by atoms with E-state index < -0.39 is 23.6 Å². The Kier molecular flexibility index (Phi) is 6.20. The minimum atomic E-state index is -3.78. The lowest BCUT2D eigenvalue weighted by atomic mass is 10.0. The van der Waals surface area contributed by atoms with E-state index in [2.05, 4.69) is 22.2 Å². The SMILES string of the molecule is C=C1CCC(N2Cc3cc(CNC(=O)C(F)(F)c4ccc(C(C)C)cn4)ccc3C2=O)C(=O)N1. The third-order valence-corrected chi connectivity index (χ3v) is 6.21. The van der Waals surface area contributed by atoms with Gasteiger partial charge in [0.1, 0.15) is 11.7 Å². The number of benzene rings is 1. The first-order valence-electron chi connectivity index (χ1n) is 11.1. The largest absolute Gasteiger partial charge is 0.366 e. The number of pyridine rings is 1. The van der Waals surface area contributed by atoms with Crippen molar-refractivity contribution in [3.8, 4) is 0 Å². The third-order valence-electron chi connectivity index (χ3n) is 6.21. The van der Waals surface area contributed by atoms with Crippen LogP contribution >= 0.6 is 0 Å². The second-order valence-electron chi connectivity index (χ2n) is 8.96. The number of carbonyl (C=O) groups is 3. The number of aromatic nitrogens is 1. The van der Waals surface area contributed by atoms with Gasteiger partial charge in [-0.2, -0.15) is 8.78 Å². The van der Waals surface area contributed by atoms with Gasteiger partial charge in [-0.05, 0) is 47.6 Å². The van der Waals surface area contributed by atoms with E-state index >= 15 is 0 Å². The molecule has 0 spiro atoms. The zero-order valence-electron chi connectivity index (χ0n) is 19.0. The number of carbonyl (C=O) groups excluding carboxylic acids is 3.